The van der Waals surface area contributed by atoms with Gasteiger partial charge in [0, 0.05) is 60.3 Å². The number of rotatable bonds is 4. The molecule has 1 saturated heterocycles. The van der Waals surface area contributed by atoms with Crippen molar-refractivity contribution in [2.24, 2.45) is 0 Å². The second kappa shape index (κ2) is 9.34. The lowest BCUT2D eigenvalue weighted by atomic mass is 10.0. The van der Waals surface area contributed by atoms with Crippen molar-refractivity contribution in [3.63, 3.8) is 0 Å². The molecule has 0 bridgehead atoms. The van der Waals surface area contributed by atoms with E-state index in [1.807, 2.05) is 41.3 Å². The van der Waals surface area contributed by atoms with Crippen LogP contribution in [0.3, 0.4) is 0 Å². The molecule has 2 atom stereocenters. The Hall–Kier alpha value is -3.98. The zero-order chi connectivity index (χ0) is 24.5. The van der Waals surface area contributed by atoms with E-state index < -0.39 is 0 Å². The van der Waals surface area contributed by atoms with Crippen LogP contribution in [0.1, 0.15) is 40.1 Å². The third-order valence-electron chi connectivity index (χ3n) is 6.26. The number of nitrogens with one attached hydrogen (secondary N) is 3. The van der Waals surface area contributed by atoms with E-state index in [1.165, 1.54) is 0 Å². The molecular weight excluding hydrogens is 444 g/mol. The Morgan fingerprint density at radius 3 is 2.54 bits per heavy atom. The smallest absolute Gasteiger partial charge is 0.253 e. The van der Waals surface area contributed by atoms with E-state index in [0.717, 1.165) is 16.8 Å². The van der Waals surface area contributed by atoms with Crippen molar-refractivity contribution in [2.75, 3.05) is 25.5 Å². The van der Waals surface area contributed by atoms with E-state index in [-0.39, 0.29) is 23.9 Å². The molecule has 0 saturated carbocycles. The van der Waals surface area contributed by atoms with Gasteiger partial charge in [-0.15, -0.1) is 0 Å². The Labute approximate surface area is 203 Å². The quantitative estimate of drug-likeness (QED) is 0.536. The van der Waals surface area contributed by atoms with Crippen LogP contribution in [-0.4, -0.2) is 59.0 Å². The fraction of sp³-hybridized carbons (Fsp3) is 0.308. The zero-order valence-corrected chi connectivity index (χ0v) is 20.0. The predicted octanol–water partition coefficient (Wildman–Crippen LogP) is 2.96. The summed E-state index contributed by atoms with van der Waals surface area (Å²) in [6.07, 6.45) is 1.72. The van der Waals surface area contributed by atoms with Crippen molar-refractivity contribution in [1.82, 2.24) is 25.5 Å². The maximum atomic E-state index is 13.0. The third kappa shape index (κ3) is 4.67. The first-order valence-electron chi connectivity index (χ1n) is 11.7. The molecule has 3 aromatic rings. The molecule has 9 nitrogen and oxygen atoms in total. The molecule has 2 unspecified atom stereocenters. The van der Waals surface area contributed by atoms with E-state index in [9.17, 15) is 9.59 Å². The summed E-state index contributed by atoms with van der Waals surface area (Å²) in [6.45, 7) is 5.90. The second-order valence-electron chi connectivity index (χ2n) is 9.04. The fourth-order valence-corrected chi connectivity index (χ4v) is 4.65. The van der Waals surface area contributed by atoms with Gasteiger partial charge in [0.05, 0.1) is 18.4 Å². The van der Waals surface area contributed by atoms with Gasteiger partial charge in [-0.3, -0.25) is 9.59 Å². The molecule has 2 aromatic carbocycles. The number of anilines is 2. The minimum absolute atomic E-state index is 0.0298. The van der Waals surface area contributed by atoms with E-state index in [2.05, 4.69) is 34.8 Å². The van der Waals surface area contributed by atoms with Crippen LogP contribution in [0.5, 0.6) is 5.75 Å². The first-order valence-corrected chi connectivity index (χ1v) is 11.7. The van der Waals surface area contributed by atoms with Crippen molar-refractivity contribution in [2.45, 2.75) is 32.5 Å². The van der Waals surface area contributed by atoms with Crippen molar-refractivity contribution < 1.29 is 14.3 Å². The third-order valence-corrected chi connectivity index (χ3v) is 6.26. The molecule has 1 fully saturated rings. The highest BCUT2D eigenvalue weighted by molar-refractivity contribution is 6.02. The van der Waals surface area contributed by atoms with Gasteiger partial charge in [-0.1, -0.05) is 0 Å². The maximum absolute atomic E-state index is 13.0. The Bertz CT molecular complexity index is 1270. The largest absolute Gasteiger partial charge is 0.497 e. The van der Waals surface area contributed by atoms with Crippen molar-refractivity contribution in [3.05, 3.63) is 65.4 Å². The van der Waals surface area contributed by atoms with Gasteiger partial charge < -0.3 is 25.6 Å². The zero-order valence-electron chi connectivity index (χ0n) is 20.0. The molecule has 0 radical (unpaired) electrons. The summed E-state index contributed by atoms with van der Waals surface area (Å²) in [6, 6.07) is 13.2. The van der Waals surface area contributed by atoms with Crippen molar-refractivity contribution in [3.8, 4) is 17.0 Å². The minimum atomic E-state index is -0.181. The summed E-state index contributed by atoms with van der Waals surface area (Å²) < 4.78 is 5.28. The lowest BCUT2D eigenvalue weighted by Gasteiger charge is -2.36. The predicted molar refractivity (Wildman–Crippen MR) is 133 cm³/mol. The SMILES string of the molecule is COc1ccc2c(c1)C(=O)NCc1cnc(Nc3ccc(C(=O)N4CC(C)NC(C)C4)cc3)nc1-2. The molecule has 35 heavy (non-hydrogen) atoms. The number of ether oxygens (including phenoxy) is 1. The Kier molecular flexibility index (Phi) is 6.08. The summed E-state index contributed by atoms with van der Waals surface area (Å²) >= 11 is 0. The lowest BCUT2D eigenvalue weighted by Crippen LogP contribution is -2.55. The number of nitrogens with zero attached hydrogens (tertiary/aromatic N) is 3. The van der Waals surface area contributed by atoms with Gasteiger partial charge >= 0.3 is 0 Å². The Morgan fingerprint density at radius 1 is 1.09 bits per heavy atom. The van der Waals surface area contributed by atoms with Gasteiger partial charge in [0.15, 0.2) is 0 Å². The molecule has 2 aliphatic heterocycles. The molecule has 5 rings (SSSR count). The highest BCUT2D eigenvalue weighted by Gasteiger charge is 2.26. The number of aromatic nitrogens is 2. The molecule has 1 aromatic heterocycles. The lowest BCUT2D eigenvalue weighted by molar-refractivity contribution is 0.0673. The monoisotopic (exact) mass is 472 g/mol. The highest BCUT2D eigenvalue weighted by Crippen LogP contribution is 2.31. The number of carbonyl (C=O) groups excluding carboxylic acids is 2. The summed E-state index contributed by atoms with van der Waals surface area (Å²) in [5, 5.41) is 9.55. The Balaban J connectivity index is 1.37. The van der Waals surface area contributed by atoms with Crippen LogP contribution >= 0.6 is 0 Å². The highest BCUT2D eigenvalue weighted by atomic mass is 16.5. The summed E-state index contributed by atoms with van der Waals surface area (Å²) in [4.78, 5) is 36.6. The Morgan fingerprint density at radius 2 is 1.83 bits per heavy atom. The van der Waals surface area contributed by atoms with Gasteiger partial charge in [0.1, 0.15) is 5.75 Å². The first-order chi connectivity index (χ1) is 16.9. The summed E-state index contributed by atoms with van der Waals surface area (Å²) in [5.41, 5.74) is 4.16. The molecule has 2 amide bonds. The van der Waals surface area contributed by atoms with Crippen LogP contribution in [0.25, 0.3) is 11.3 Å². The van der Waals surface area contributed by atoms with Crippen LogP contribution in [0.15, 0.2) is 48.7 Å². The van der Waals surface area contributed by atoms with Crippen molar-refractivity contribution in [1.29, 1.82) is 0 Å². The molecule has 3 heterocycles. The molecular formula is C26H28N6O3. The topological polar surface area (TPSA) is 108 Å². The van der Waals surface area contributed by atoms with Crippen LogP contribution in [0, 0.1) is 0 Å². The number of piperazine rings is 1. The summed E-state index contributed by atoms with van der Waals surface area (Å²) in [5.74, 6) is 0.861. The average Bonchev–Trinajstić information content (AvgIpc) is 2.99. The summed E-state index contributed by atoms with van der Waals surface area (Å²) in [7, 11) is 1.57. The normalized spacial score (nSPS) is 19.2. The molecule has 9 heteroatoms. The van der Waals surface area contributed by atoms with Gasteiger partial charge in [-0.2, -0.15) is 0 Å². The molecule has 0 spiro atoms. The number of methoxy groups -OCH3 is 1. The van der Waals surface area contributed by atoms with E-state index >= 15 is 0 Å². The standard InChI is InChI=1S/C26H28N6O3/c1-15-13-32(14-16(2)29-15)25(34)17-4-6-19(7-5-17)30-26-28-12-18-11-27-24(33)22-10-20(35-3)8-9-21(22)23(18)31-26/h4-10,12,15-16,29H,11,13-14H2,1-3H3,(H,27,33)(H,28,30,31). The number of carbonyl (C=O) groups is 2. The van der Waals surface area contributed by atoms with Crippen LogP contribution in [0.2, 0.25) is 0 Å². The minimum Gasteiger partial charge on any atom is -0.497 e. The van der Waals surface area contributed by atoms with Gasteiger partial charge in [0.2, 0.25) is 5.95 Å². The first kappa shape index (κ1) is 22.8. The number of hydrogen-bond donors (Lipinski definition) is 3. The van der Waals surface area contributed by atoms with Gasteiger partial charge in [-0.25, -0.2) is 9.97 Å². The van der Waals surface area contributed by atoms with Gasteiger partial charge in [0.25, 0.3) is 11.8 Å². The molecule has 180 valence electrons. The van der Waals surface area contributed by atoms with Crippen LogP contribution in [0.4, 0.5) is 11.6 Å². The van der Waals surface area contributed by atoms with E-state index in [4.69, 9.17) is 9.72 Å². The fourth-order valence-electron chi connectivity index (χ4n) is 4.65. The van der Waals surface area contributed by atoms with Gasteiger partial charge in [-0.05, 0) is 56.3 Å². The average molecular weight is 473 g/mol. The second-order valence-corrected chi connectivity index (χ2v) is 9.04. The van der Waals surface area contributed by atoms with Crippen LogP contribution in [-0.2, 0) is 6.54 Å². The maximum Gasteiger partial charge on any atom is 0.253 e. The number of amides is 2. The van der Waals surface area contributed by atoms with E-state index in [1.54, 1.807) is 19.4 Å². The number of hydrogen-bond acceptors (Lipinski definition) is 7. The van der Waals surface area contributed by atoms with E-state index in [0.29, 0.717) is 48.2 Å². The molecule has 3 N–H and O–H groups in total. The van der Waals surface area contributed by atoms with Crippen LogP contribution < -0.4 is 20.7 Å². The van der Waals surface area contributed by atoms with Crippen molar-refractivity contribution >= 4 is 23.5 Å². The number of fused-ring (bicyclic) bond motifs is 3. The molecule has 2 aliphatic rings. The molecule has 0 aliphatic carbocycles. The number of benzene rings is 2.